The number of benzene rings is 1. The van der Waals surface area contributed by atoms with Crippen LogP contribution in [0.1, 0.15) is 52.9 Å². The van der Waals surface area contributed by atoms with Gasteiger partial charge in [0, 0.05) is 25.1 Å². The Balaban J connectivity index is 1.81. The van der Waals surface area contributed by atoms with Crippen molar-refractivity contribution in [2.45, 2.75) is 65.5 Å². The number of nitrogens with one attached hydrogen (secondary N) is 2. The lowest BCUT2D eigenvalue weighted by atomic mass is 9.86. The zero-order chi connectivity index (χ0) is 21.7. The molecule has 1 aliphatic rings. The number of aromatic nitrogens is 2. The smallest absolute Gasteiger partial charge is 0.262 e. The highest BCUT2D eigenvalue weighted by atomic mass is 32.1. The van der Waals surface area contributed by atoms with Crippen LogP contribution in [0.3, 0.4) is 0 Å². The first-order valence-electron chi connectivity index (χ1n) is 10.8. The summed E-state index contributed by atoms with van der Waals surface area (Å²) >= 11 is 5.39. The molecule has 0 radical (unpaired) electrons. The molecule has 1 fully saturated rings. The van der Waals surface area contributed by atoms with Crippen molar-refractivity contribution in [2.24, 2.45) is 5.92 Å². The molecule has 2 aromatic rings. The Morgan fingerprint density at radius 1 is 1.20 bits per heavy atom. The summed E-state index contributed by atoms with van der Waals surface area (Å²) < 4.78 is 13.0. The molecule has 2 unspecified atom stereocenters. The Bertz CT molecular complexity index is 1010. The van der Waals surface area contributed by atoms with E-state index in [1.165, 1.54) is 11.0 Å². The molecule has 0 aliphatic heterocycles. The number of fused-ring (bicyclic) bond motifs is 1. The fourth-order valence-electron chi connectivity index (χ4n) is 4.02. The average molecular weight is 434 g/mol. The van der Waals surface area contributed by atoms with Crippen LogP contribution in [-0.4, -0.2) is 34.7 Å². The first kappa shape index (κ1) is 22.3. The molecule has 3 rings (SSSR count). The first-order chi connectivity index (χ1) is 14.4. The van der Waals surface area contributed by atoms with E-state index in [4.69, 9.17) is 21.7 Å². The number of rotatable bonds is 8. The van der Waals surface area contributed by atoms with Gasteiger partial charge in [0.25, 0.3) is 5.56 Å². The van der Waals surface area contributed by atoms with Crippen LogP contribution in [0.4, 0.5) is 0 Å². The van der Waals surface area contributed by atoms with Gasteiger partial charge in [-0.1, -0.05) is 19.8 Å². The van der Waals surface area contributed by atoms with Gasteiger partial charge in [0.1, 0.15) is 0 Å². The van der Waals surface area contributed by atoms with E-state index in [1.807, 2.05) is 13.8 Å². The molecule has 0 spiro atoms. The lowest BCUT2D eigenvalue weighted by molar-refractivity contribution is -0.122. The van der Waals surface area contributed by atoms with Crippen molar-refractivity contribution >= 4 is 29.0 Å². The van der Waals surface area contributed by atoms with Crippen LogP contribution < -0.4 is 20.3 Å². The predicted molar refractivity (Wildman–Crippen MR) is 120 cm³/mol. The summed E-state index contributed by atoms with van der Waals surface area (Å²) in [5.74, 6) is 1.53. The van der Waals surface area contributed by atoms with Gasteiger partial charge in [0.2, 0.25) is 5.91 Å². The van der Waals surface area contributed by atoms with Crippen molar-refractivity contribution in [1.29, 1.82) is 0 Å². The van der Waals surface area contributed by atoms with Gasteiger partial charge in [0.05, 0.1) is 24.1 Å². The quantitative estimate of drug-likeness (QED) is 0.616. The number of carbonyl (C=O) groups excluding carboxylic acids is 1. The number of nitrogens with zero attached hydrogens (tertiary/aromatic N) is 1. The van der Waals surface area contributed by atoms with Gasteiger partial charge in [-0.2, -0.15) is 0 Å². The molecule has 0 bridgehead atoms. The highest BCUT2D eigenvalue weighted by Gasteiger charge is 2.22. The second-order valence-corrected chi connectivity index (χ2v) is 8.17. The summed E-state index contributed by atoms with van der Waals surface area (Å²) in [4.78, 5) is 28.6. The summed E-state index contributed by atoms with van der Waals surface area (Å²) in [6.07, 6.45) is 4.75. The zero-order valence-corrected chi connectivity index (χ0v) is 18.8. The van der Waals surface area contributed by atoms with Crippen molar-refractivity contribution in [1.82, 2.24) is 14.9 Å². The van der Waals surface area contributed by atoms with Crippen molar-refractivity contribution in [3.63, 3.8) is 0 Å². The molecule has 1 saturated carbocycles. The molecule has 2 atom stereocenters. The topological polar surface area (TPSA) is 85.4 Å². The van der Waals surface area contributed by atoms with Gasteiger partial charge in [-0.05, 0) is 50.9 Å². The highest BCUT2D eigenvalue weighted by molar-refractivity contribution is 7.71. The van der Waals surface area contributed by atoms with Crippen LogP contribution in [0.5, 0.6) is 11.5 Å². The molecule has 1 heterocycles. The molecule has 1 aromatic heterocycles. The van der Waals surface area contributed by atoms with E-state index in [0.29, 0.717) is 41.5 Å². The third kappa shape index (κ3) is 5.03. The van der Waals surface area contributed by atoms with Gasteiger partial charge < -0.3 is 19.8 Å². The fourth-order valence-corrected chi connectivity index (χ4v) is 4.31. The minimum Gasteiger partial charge on any atom is -0.490 e. The Morgan fingerprint density at radius 2 is 1.87 bits per heavy atom. The number of amides is 1. The van der Waals surface area contributed by atoms with Crippen LogP contribution in [0.15, 0.2) is 16.9 Å². The van der Waals surface area contributed by atoms with E-state index in [1.54, 1.807) is 12.1 Å². The molecular formula is C22H31N3O4S. The standard InChI is InChI=1S/C22H31N3O4S/c1-4-28-18-12-15-17(13-19(18)29-5-2)24-22(30)25(21(15)27)11-10-20(26)23-16-9-7-6-8-14(16)3/h12-14,16H,4-11H2,1-3H3,(H,23,26)(H,24,30). The van der Waals surface area contributed by atoms with Gasteiger partial charge in [0.15, 0.2) is 16.3 Å². The van der Waals surface area contributed by atoms with Crippen molar-refractivity contribution in [2.75, 3.05) is 13.2 Å². The zero-order valence-electron chi connectivity index (χ0n) is 18.0. The fraction of sp³-hybridized carbons (Fsp3) is 0.591. The van der Waals surface area contributed by atoms with E-state index in [9.17, 15) is 9.59 Å². The SMILES string of the molecule is CCOc1cc2[nH]c(=S)n(CCC(=O)NC3CCCCC3C)c(=O)c2cc1OCC. The Hall–Kier alpha value is -2.35. The van der Waals surface area contributed by atoms with Gasteiger partial charge >= 0.3 is 0 Å². The lowest BCUT2D eigenvalue weighted by Crippen LogP contribution is -2.41. The molecule has 1 aromatic carbocycles. The molecule has 164 valence electrons. The van der Waals surface area contributed by atoms with Crippen LogP contribution >= 0.6 is 12.2 Å². The molecule has 7 nitrogen and oxygen atoms in total. The van der Waals surface area contributed by atoms with Gasteiger partial charge in [-0.15, -0.1) is 0 Å². The molecule has 1 amide bonds. The lowest BCUT2D eigenvalue weighted by Gasteiger charge is -2.29. The van der Waals surface area contributed by atoms with E-state index < -0.39 is 0 Å². The van der Waals surface area contributed by atoms with E-state index in [-0.39, 0.29) is 35.2 Å². The van der Waals surface area contributed by atoms with Crippen LogP contribution in [0.25, 0.3) is 10.9 Å². The number of aromatic amines is 1. The average Bonchev–Trinajstić information content (AvgIpc) is 2.71. The molecule has 8 heteroatoms. The van der Waals surface area contributed by atoms with Crippen molar-refractivity contribution in [3.8, 4) is 11.5 Å². The van der Waals surface area contributed by atoms with E-state index in [0.717, 1.165) is 19.3 Å². The largest absolute Gasteiger partial charge is 0.490 e. The molecule has 30 heavy (non-hydrogen) atoms. The normalized spacial score (nSPS) is 18.9. The molecule has 2 N–H and O–H groups in total. The Morgan fingerprint density at radius 3 is 2.53 bits per heavy atom. The Labute approximate surface area is 181 Å². The van der Waals surface area contributed by atoms with Crippen LogP contribution in [-0.2, 0) is 11.3 Å². The minimum atomic E-state index is -0.239. The van der Waals surface area contributed by atoms with Crippen molar-refractivity contribution in [3.05, 3.63) is 27.3 Å². The van der Waals surface area contributed by atoms with E-state index >= 15 is 0 Å². The second-order valence-electron chi connectivity index (χ2n) is 7.78. The maximum Gasteiger partial charge on any atom is 0.262 e. The van der Waals surface area contributed by atoms with Crippen LogP contribution in [0.2, 0.25) is 0 Å². The number of hydrogen-bond donors (Lipinski definition) is 2. The summed E-state index contributed by atoms with van der Waals surface area (Å²) in [6, 6.07) is 3.64. The summed E-state index contributed by atoms with van der Waals surface area (Å²) in [5.41, 5.74) is 0.352. The summed E-state index contributed by atoms with van der Waals surface area (Å²) in [6.45, 7) is 7.12. The molecule has 0 saturated heterocycles. The number of H-pyrrole nitrogens is 1. The van der Waals surface area contributed by atoms with Gasteiger partial charge in [-0.3, -0.25) is 14.2 Å². The summed E-state index contributed by atoms with van der Waals surface area (Å²) in [5, 5.41) is 3.58. The third-order valence-corrected chi connectivity index (χ3v) is 5.99. The van der Waals surface area contributed by atoms with E-state index in [2.05, 4.69) is 17.2 Å². The highest BCUT2D eigenvalue weighted by Crippen LogP contribution is 2.31. The third-order valence-electron chi connectivity index (χ3n) is 5.67. The monoisotopic (exact) mass is 433 g/mol. The van der Waals surface area contributed by atoms with Gasteiger partial charge in [-0.25, -0.2) is 0 Å². The minimum absolute atomic E-state index is 0.0446. The van der Waals surface area contributed by atoms with Crippen LogP contribution in [0, 0.1) is 10.7 Å². The maximum absolute atomic E-state index is 13.1. The first-order valence-corrected chi connectivity index (χ1v) is 11.2. The van der Waals surface area contributed by atoms with Crippen molar-refractivity contribution < 1.29 is 14.3 Å². The number of hydrogen-bond acceptors (Lipinski definition) is 5. The number of ether oxygens (including phenoxy) is 2. The second kappa shape index (κ2) is 10.1. The Kier molecular flexibility index (Phi) is 7.53. The summed E-state index contributed by atoms with van der Waals surface area (Å²) in [7, 11) is 0. The maximum atomic E-state index is 13.1. The number of carbonyl (C=O) groups is 1. The predicted octanol–water partition coefficient (Wildman–Crippen LogP) is 3.94. The molecular weight excluding hydrogens is 402 g/mol. The molecule has 1 aliphatic carbocycles.